The third-order valence-corrected chi connectivity index (χ3v) is 3.84. The minimum atomic E-state index is -0.368. The summed E-state index contributed by atoms with van der Waals surface area (Å²) in [7, 11) is 1.99. The van der Waals surface area contributed by atoms with Crippen molar-refractivity contribution in [3.63, 3.8) is 0 Å². The van der Waals surface area contributed by atoms with Crippen molar-refractivity contribution in [2.24, 2.45) is 5.73 Å². The molecule has 1 aliphatic carbocycles. The number of H-pyrrole nitrogens is 1. The van der Waals surface area contributed by atoms with Crippen molar-refractivity contribution in [2.75, 3.05) is 7.05 Å². The number of carbonyl (C=O) groups is 1. The maximum Gasteiger partial charge on any atom is 0.248 e. The van der Waals surface area contributed by atoms with E-state index < -0.39 is 0 Å². The van der Waals surface area contributed by atoms with E-state index >= 15 is 0 Å². The summed E-state index contributed by atoms with van der Waals surface area (Å²) < 4.78 is 0. The number of amides is 1. The lowest BCUT2D eigenvalue weighted by Crippen LogP contribution is -2.21. The van der Waals surface area contributed by atoms with Gasteiger partial charge in [-0.25, -0.2) is 0 Å². The normalized spacial score (nSPS) is 18.8. The van der Waals surface area contributed by atoms with Crippen LogP contribution >= 0.6 is 0 Å². The van der Waals surface area contributed by atoms with E-state index in [1.807, 2.05) is 19.2 Å². The van der Waals surface area contributed by atoms with Crippen molar-refractivity contribution in [3.05, 3.63) is 35.0 Å². The molecule has 1 aromatic carbocycles. The molecule has 1 atom stereocenters. The van der Waals surface area contributed by atoms with Gasteiger partial charge in [-0.15, -0.1) is 0 Å². The Balaban J connectivity index is 2.21. The van der Waals surface area contributed by atoms with Gasteiger partial charge in [-0.2, -0.15) is 0 Å². The Morgan fingerprint density at radius 3 is 3.06 bits per heavy atom. The lowest BCUT2D eigenvalue weighted by atomic mass is 9.91. The van der Waals surface area contributed by atoms with E-state index in [1.54, 1.807) is 6.07 Å². The van der Waals surface area contributed by atoms with Crippen molar-refractivity contribution in [2.45, 2.75) is 25.3 Å². The molecule has 1 aliphatic rings. The molecule has 0 spiro atoms. The van der Waals surface area contributed by atoms with E-state index in [2.05, 4.69) is 10.3 Å². The molecule has 0 bridgehead atoms. The first kappa shape index (κ1) is 11.3. The molecule has 1 unspecified atom stereocenters. The Labute approximate surface area is 106 Å². The molecule has 1 aromatic heterocycles. The first-order chi connectivity index (χ1) is 8.70. The van der Waals surface area contributed by atoms with E-state index in [1.165, 1.54) is 17.7 Å². The molecule has 2 aromatic rings. The van der Waals surface area contributed by atoms with E-state index in [0.29, 0.717) is 11.6 Å². The summed E-state index contributed by atoms with van der Waals surface area (Å²) in [6.07, 6.45) is 3.39. The van der Waals surface area contributed by atoms with Gasteiger partial charge >= 0.3 is 0 Å². The van der Waals surface area contributed by atoms with Crippen LogP contribution in [-0.2, 0) is 6.42 Å². The smallest absolute Gasteiger partial charge is 0.248 e. The van der Waals surface area contributed by atoms with Gasteiger partial charge in [0.1, 0.15) is 0 Å². The lowest BCUT2D eigenvalue weighted by Gasteiger charge is -2.21. The number of hydrogen-bond donors (Lipinski definition) is 3. The van der Waals surface area contributed by atoms with E-state index in [0.717, 1.165) is 23.7 Å². The van der Waals surface area contributed by atoms with Crippen LogP contribution in [0.4, 0.5) is 0 Å². The second-order valence-electron chi connectivity index (χ2n) is 4.88. The Kier molecular flexibility index (Phi) is 2.59. The highest BCUT2D eigenvalue weighted by Crippen LogP contribution is 2.34. The molecular formula is C14H17N3O. The largest absolute Gasteiger partial charge is 0.366 e. The number of aryl methyl sites for hydroxylation is 1. The molecule has 4 heteroatoms. The molecule has 0 saturated carbocycles. The average Bonchev–Trinajstić information content (AvgIpc) is 2.76. The zero-order valence-corrected chi connectivity index (χ0v) is 10.4. The minimum absolute atomic E-state index is 0.368. The highest BCUT2D eigenvalue weighted by atomic mass is 16.1. The van der Waals surface area contributed by atoms with Gasteiger partial charge in [0.2, 0.25) is 5.91 Å². The summed E-state index contributed by atoms with van der Waals surface area (Å²) in [6.45, 7) is 0. The van der Waals surface area contributed by atoms with E-state index in [-0.39, 0.29) is 5.91 Å². The summed E-state index contributed by atoms with van der Waals surface area (Å²) in [5.74, 6) is -0.368. The number of nitrogens with one attached hydrogen (secondary N) is 2. The van der Waals surface area contributed by atoms with Crippen LogP contribution in [0.3, 0.4) is 0 Å². The van der Waals surface area contributed by atoms with Crippen molar-refractivity contribution < 1.29 is 4.79 Å². The zero-order chi connectivity index (χ0) is 12.7. The Hall–Kier alpha value is -1.81. The third kappa shape index (κ3) is 1.61. The maximum absolute atomic E-state index is 11.3. The van der Waals surface area contributed by atoms with Gasteiger partial charge < -0.3 is 16.0 Å². The van der Waals surface area contributed by atoms with E-state index in [4.69, 9.17) is 5.73 Å². The van der Waals surface area contributed by atoms with Crippen LogP contribution in [0.25, 0.3) is 10.9 Å². The molecule has 0 radical (unpaired) electrons. The third-order valence-electron chi connectivity index (χ3n) is 3.84. The van der Waals surface area contributed by atoms with Crippen LogP contribution in [0.5, 0.6) is 0 Å². The molecule has 1 heterocycles. The highest BCUT2D eigenvalue weighted by molar-refractivity contribution is 5.98. The summed E-state index contributed by atoms with van der Waals surface area (Å²) >= 11 is 0. The highest BCUT2D eigenvalue weighted by Gasteiger charge is 2.23. The molecule has 1 amide bonds. The van der Waals surface area contributed by atoms with Gasteiger partial charge in [-0.3, -0.25) is 4.79 Å². The van der Waals surface area contributed by atoms with Gasteiger partial charge in [0.25, 0.3) is 0 Å². The second kappa shape index (κ2) is 4.14. The fraction of sp³-hybridized carbons (Fsp3) is 0.357. The summed E-state index contributed by atoms with van der Waals surface area (Å²) in [4.78, 5) is 14.7. The standard InChI is InChI=1S/C14H17N3O/c1-16-12-4-2-3-9-10-7-8(14(15)18)5-6-11(10)17-13(9)12/h5-7,12,16-17H,2-4H2,1H3,(H2,15,18). The summed E-state index contributed by atoms with van der Waals surface area (Å²) in [5.41, 5.74) is 9.61. The SMILES string of the molecule is CNC1CCCc2c1[nH]c1ccc(C(N)=O)cc21. The number of aromatic nitrogens is 1. The zero-order valence-electron chi connectivity index (χ0n) is 10.4. The molecule has 4 nitrogen and oxygen atoms in total. The van der Waals surface area contributed by atoms with Crippen LogP contribution in [0.2, 0.25) is 0 Å². The lowest BCUT2D eigenvalue weighted by molar-refractivity contribution is 0.100. The number of primary amides is 1. The van der Waals surface area contributed by atoms with Gasteiger partial charge in [-0.05, 0) is 50.1 Å². The topological polar surface area (TPSA) is 70.9 Å². The molecule has 0 fully saturated rings. The maximum atomic E-state index is 11.3. The van der Waals surface area contributed by atoms with Gasteiger partial charge in [0.05, 0.1) is 0 Å². The number of nitrogens with two attached hydrogens (primary N) is 1. The van der Waals surface area contributed by atoms with Crippen LogP contribution in [0.15, 0.2) is 18.2 Å². The molecule has 0 saturated heterocycles. The Morgan fingerprint density at radius 1 is 1.50 bits per heavy atom. The van der Waals surface area contributed by atoms with Crippen LogP contribution in [0.1, 0.15) is 40.5 Å². The summed E-state index contributed by atoms with van der Waals surface area (Å²) in [5, 5.41) is 4.48. The molecule has 18 heavy (non-hydrogen) atoms. The van der Waals surface area contributed by atoms with E-state index in [9.17, 15) is 4.79 Å². The van der Waals surface area contributed by atoms with Crippen LogP contribution in [0, 0.1) is 0 Å². The number of fused-ring (bicyclic) bond motifs is 3. The quantitative estimate of drug-likeness (QED) is 0.753. The molecule has 0 aliphatic heterocycles. The van der Waals surface area contributed by atoms with Crippen molar-refractivity contribution in [1.29, 1.82) is 0 Å². The average molecular weight is 243 g/mol. The van der Waals surface area contributed by atoms with Crippen LogP contribution in [-0.4, -0.2) is 17.9 Å². The fourth-order valence-electron chi connectivity index (χ4n) is 2.90. The van der Waals surface area contributed by atoms with Crippen molar-refractivity contribution in [3.8, 4) is 0 Å². The fourth-order valence-corrected chi connectivity index (χ4v) is 2.90. The predicted octanol–water partition coefficient (Wildman–Crippen LogP) is 1.86. The monoisotopic (exact) mass is 243 g/mol. The van der Waals surface area contributed by atoms with Gasteiger partial charge in [-0.1, -0.05) is 0 Å². The second-order valence-corrected chi connectivity index (χ2v) is 4.88. The number of hydrogen-bond acceptors (Lipinski definition) is 2. The Bertz CT molecular complexity index is 615. The van der Waals surface area contributed by atoms with Crippen molar-refractivity contribution in [1.82, 2.24) is 10.3 Å². The van der Waals surface area contributed by atoms with Gasteiger partial charge in [0.15, 0.2) is 0 Å². The number of rotatable bonds is 2. The number of aromatic amines is 1. The number of benzene rings is 1. The molecular weight excluding hydrogens is 226 g/mol. The summed E-state index contributed by atoms with van der Waals surface area (Å²) in [6, 6.07) is 6.02. The molecule has 94 valence electrons. The molecule has 3 rings (SSSR count). The Morgan fingerprint density at radius 2 is 2.33 bits per heavy atom. The molecule has 4 N–H and O–H groups in total. The number of carbonyl (C=O) groups excluding carboxylic acids is 1. The van der Waals surface area contributed by atoms with Gasteiger partial charge in [0, 0.05) is 28.2 Å². The first-order valence-electron chi connectivity index (χ1n) is 6.32. The first-order valence-corrected chi connectivity index (χ1v) is 6.32. The van der Waals surface area contributed by atoms with Crippen molar-refractivity contribution >= 4 is 16.8 Å². The van der Waals surface area contributed by atoms with Crippen LogP contribution < -0.4 is 11.1 Å². The predicted molar refractivity (Wildman–Crippen MR) is 71.6 cm³/mol. The minimum Gasteiger partial charge on any atom is -0.366 e.